The first-order chi connectivity index (χ1) is 9.68. The molecule has 1 aromatic heterocycles. The molecule has 1 heterocycles. The molecular weight excluding hydrogens is 290 g/mol. The highest BCUT2D eigenvalue weighted by Crippen LogP contribution is 2.26. The van der Waals surface area contributed by atoms with E-state index in [0.29, 0.717) is 17.9 Å². The average molecular weight is 309 g/mol. The van der Waals surface area contributed by atoms with Crippen LogP contribution in [0.25, 0.3) is 0 Å². The van der Waals surface area contributed by atoms with Crippen molar-refractivity contribution in [1.29, 1.82) is 0 Å². The molecule has 1 aromatic carbocycles. The van der Waals surface area contributed by atoms with Crippen molar-refractivity contribution >= 4 is 10.0 Å². The first-order valence-electron chi connectivity index (χ1n) is 6.45. The maximum Gasteiger partial charge on any atom is 0.238 e. The molecule has 0 aliphatic carbocycles. The Kier molecular flexibility index (Phi) is 4.06. The van der Waals surface area contributed by atoms with Crippen molar-refractivity contribution in [3.63, 3.8) is 0 Å². The third-order valence-electron chi connectivity index (χ3n) is 3.25. The van der Waals surface area contributed by atoms with E-state index in [0.717, 1.165) is 17.0 Å². The van der Waals surface area contributed by atoms with Gasteiger partial charge in [-0.2, -0.15) is 5.10 Å². The van der Waals surface area contributed by atoms with E-state index in [1.165, 1.54) is 6.07 Å². The number of hydrogen-bond donors (Lipinski definition) is 1. The third-order valence-corrected chi connectivity index (χ3v) is 4.31. The van der Waals surface area contributed by atoms with E-state index in [-0.39, 0.29) is 4.90 Å². The molecule has 0 saturated carbocycles. The van der Waals surface area contributed by atoms with Gasteiger partial charge in [0.05, 0.1) is 16.3 Å². The zero-order valence-electron chi connectivity index (χ0n) is 12.5. The molecule has 0 aliphatic heterocycles. The van der Waals surface area contributed by atoms with Crippen LogP contribution in [0.5, 0.6) is 5.75 Å². The van der Waals surface area contributed by atoms with Crippen LogP contribution in [0.15, 0.2) is 23.1 Å². The molecule has 21 heavy (non-hydrogen) atoms. The first-order valence-corrected chi connectivity index (χ1v) is 7.99. The van der Waals surface area contributed by atoms with Crippen LogP contribution < -0.4 is 9.88 Å². The Morgan fingerprint density at radius 3 is 2.38 bits per heavy atom. The van der Waals surface area contributed by atoms with Crippen molar-refractivity contribution in [1.82, 2.24) is 9.78 Å². The average Bonchev–Trinajstić information content (AvgIpc) is 2.67. The summed E-state index contributed by atoms with van der Waals surface area (Å²) in [5.41, 5.74) is 3.16. The molecule has 0 amide bonds. The summed E-state index contributed by atoms with van der Waals surface area (Å²) in [5.74, 6) is 0.638. The van der Waals surface area contributed by atoms with Crippen LogP contribution in [0.2, 0.25) is 0 Å². The minimum atomic E-state index is -3.71. The maximum absolute atomic E-state index is 11.5. The second-order valence-corrected chi connectivity index (χ2v) is 6.65. The lowest BCUT2D eigenvalue weighted by molar-refractivity contribution is 0.292. The lowest BCUT2D eigenvalue weighted by atomic mass is 10.1. The summed E-state index contributed by atoms with van der Waals surface area (Å²) in [5, 5.41) is 9.43. The van der Waals surface area contributed by atoms with Crippen molar-refractivity contribution in [3.05, 3.63) is 40.7 Å². The van der Waals surface area contributed by atoms with Crippen LogP contribution in [-0.2, 0) is 23.7 Å². The first kappa shape index (κ1) is 15.5. The minimum absolute atomic E-state index is 0.128. The molecule has 0 saturated heterocycles. The molecule has 2 rings (SSSR count). The number of aromatic nitrogens is 2. The fourth-order valence-corrected chi connectivity index (χ4v) is 3.03. The van der Waals surface area contributed by atoms with Gasteiger partial charge in [0.25, 0.3) is 0 Å². The van der Waals surface area contributed by atoms with Crippen LogP contribution >= 0.6 is 0 Å². The monoisotopic (exact) mass is 309 g/mol. The fourth-order valence-electron chi connectivity index (χ4n) is 2.18. The Bertz CT molecular complexity index is 779. The Balaban J connectivity index is 2.26. The van der Waals surface area contributed by atoms with Gasteiger partial charge in [-0.15, -0.1) is 0 Å². The molecule has 6 nitrogen and oxygen atoms in total. The summed E-state index contributed by atoms with van der Waals surface area (Å²) in [6.07, 6.45) is 0. The highest BCUT2D eigenvalue weighted by molar-refractivity contribution is 7.89. The quantitative estimate of drug-likeness (QED) is 0.928. The van der Waals surface area contributed by atoms with Crippen LogP contribution in [-0.4, -0.2) is 18.2 Å². The summed E-state index contributed by atoms with van der Waals surface area (Å²) < 4.78 is 30.5. The molecule has 2 N–H and O–H groups in total. The van der Waals surface area contributed by atoms with Gasteiger partial charge in [0.2, 0.25) is 10.0 Å². The standard InChI is InChI=1S/C14H19N3O3S/c1-9-6-14(21(15,18)19)10(2)5-13(9)20-8-12-7-11(3)16-17(12)4/h5-7H,8H2,1-4H3,(H2,15,18,19). The number of sulfonamides is 1. The van der Waals surface area contributed by atoms with E-state index in [1.807, 2.05) is 20.0 Å². The Morgan fingerprint density at radius 2 is 1.86 bits per heavy atom. The Morgan fingerprint density at radius 1 is 1.19 bits per heavy atom. The number of rotatable bonds is 4. The molecule has 7 heteroatoms. The largest absolute Gasteiger partial charge is 0.487 e. The summed E-state index contributed by atoms with van der Waals surface area (Å²) in [6.45, 7) is 5.77. The molecular formula is C14H19N3O3S. The van der Waals surface area contributed by atoms with Gasteiger partial charge in [-0.1, -0.05) is 0 Å². The van der Waals surface area contributed by atoms with Crippen molar-refractivity contribution in [2.24, 2.45) is 12.2 Å². The molecule has 0 atom stereocenters. The van der Waals surface area contributed by atoms with E-state index < -0.39 is 10.0 Å². The highest BCUT2D eigenvalue weighted by atomic mass is 32.2. The van der Waals surface area contributed by atoms with Crippen LogP contribution in [0.1, 0.15) is 22.5 Å². The van der Waals surface area contributed by atoms with Crippen LogP contribution in [0.4, 0.5) is 0 Å². The number of benzene rings is 1. The number of aryl methyl sites for hydroxylation is 4. The number of ether oxygens (including phenoxy) is 1. The zero-order chi connectivity index (χ0) is 15.8. The summed E-state index contributed by atoms with van der Waals surface area (Å²) in [7, 11) is -1.86. The van der Waals surface area contributed by atoms with Gasteiger partial charge in [-0.3, -0.25) is 4.68 Å². The van der Waals surface area contributed by atoms with Crippen molar-refractivity contribution in [2.75, 3.05) is 0 Å². The van der Waals surface area contributed by atoms with E-state index in [2.05, 4.69) is 5.10 Å². The summed E-state index contributed by atoms with van der Waals surface area (Å²) in [6, 6.07) is 5.17. The van der Waals surface area contributed by atoms with Gasteiger partial charge >= 0.3 is 0 Å². The molecule has 0 radical (unpaired) electrons. The molecule has 2 aromatic rings. The second-order valence-electron chi connectivity index (χ2n) is 5.12. The Labute approximate surface area is 124 Å². The number of nitrogens with zero attached hydrogens (tertiary/aromatic N) is 2. The van der Waals surface area contributed by atoms with E-state index in [4.69, 9.17) is 9.88 Å². The SMILES string of the molecule is Cc1cc(COc2cc(C)c(S(N)(=O)=O)cc2C)n(C)n1. The number of primary sulfonamides is 1. The summed E-state index contributed by atoms with van der Waals surface area (Å²) in [4.78, 5) is 0.128. The smallest absolute Gasteiger partial charge is 0.238 e. The van der Waals surface area contributed by atoms with Gasteiger partial charge in [0.15, 0.2) is 0 Å². The van der Waals surface area contributed by atoms with Gasteiger partial charge in [-0.05, 0) is 50.1 Å². The van der Waals surface area contributed by atoms with Crippen molar-refractivity contribution in [3.8, 4) is 5.75 Å². The third kappa shape index (κ3) is 3.43. The molecule has 0 spiro atoms. The van der Waals surface area contributed by atoms with E-state index in [9.17, 15) is 8.42 Å². The van der Waals surface area contributed by atoms with Gasteiger partial charge in [-0.25, -0.2) is 13.6 Å². The Hall–Kier alpha value is -1.86. The molecule has 0 unspecified atom stereocenters. The maximum atomic E-state index is 11.5. The minimum Gasteiger partial charge on any atom is -0.487 e. The van der Waals surface area contributed by atoms with Crippen molar-refractivity contribution in [2.45, 2.75) is 32.3 Å². The van der Waals surface area contributed by atoms with Gasteiger partial charge in [0, 0.05) is 7.05 Å². The predicted octanol–water partition coefficient (Wildman–Crippen LogP) is 1.57. The lowest BCUT2D eigenvalue weighted by Crippen LogP contribution is -2.14. The second kappa shape index (κ2) is 5.50. The highest BCUT2D eigenvalue weighted by Gasteiger charge is 2.15. The summed E-state index contributed by atoms with van der Waals surface area (Å²) >= 11 is 0. The van der Waals surface area contributed by atoms with Gasteiger partial charge < -0.3 is 4.74 Å². The van der Waals surface area contributed by atoms with E-state index in [1.54, 1.807) is 24.6 Å². The topological polar surface area (TPSA) is 87.2 Å². The predicted molar refractivity (Wildman–Crippen MR) is 79.6 cm³/mol. The molecule has 0 aliphatic rings. The normalized spacial score (nSPS) is 11.7. The van der Waals surface area contributed by atoms with Crippen molar-refractivity contribution < 1.29 is 13.2 Å². The molecule has 0 fully saturated rings. The van der Waals surface area contributed by atoms with Crippen LogP contribution in [0, 0.1) is 20.8 Å². The number of hydrogen-bond acceptors (Lipinski definition) is 4. The van der Waals surface area contributed by atoms with Crippen LogP contribution in [0.3, 0.4) is 0 Å². The fraction of sp³-hybridized carbons (Fsp3) is 0.357. The van der Waals surface area contributed by atoms with E-state index >= 15 is 0 Å². The van der Waals surface area contributed by atoms with Gasteiger partial charge in [0.1, 0.15) is 12.4 Å². The number of nitrogens with two attached hydrogens (primary N) is 1. The molecule has 0 bridgehead atoms. The zero-order valence-corrected chi connectivity index (χ0v) is 13.4. The molecule has 114 valence electrons. The lowest BCUT2D eigenvalue weighted by Gasteiger charge is -2.12.